The molecule has 1 amide bonds. The van der Waals surface area contributed by atoms with Crippen LogP contribution in [0.1, 0.15) is 41.5 Å². The Morgan fingerprint density at radius 2 is 1.57 bits per heavy atom. The van der Waals surface area contributed by atoms with Gasteiger partial charge in [0.25, 0.3) is 0 Å². The van der Waals surface area contributed by atoms with Crippen molar-refractivity contribution in [3.05, 3.63) is 0 Å². The second kappa shape index (κ2) is 7.40. The Labute approximate surface area is 129 Å². The van der Waals surface area contributed by atoms with Crippen LogP contribution in [0.15, 0.2) is 0 Å². The number of nitrogens with one attached hydrogen (secondary N) is 1. The normalized spacial score (nSPS) is 15.5. The van der Waals surface area contributed by atoms with Crippen LogP contribution in [-0.2, 0) is 18.8 Å². The molecule has 21 heavy (non-hydrogen) atoms. The molecule has 0 saturated heterocycles. The van der Waals surface area contributed by atoms with Gasteiger partial charge in [0.05, 0.1) is 13.2 Å². The number of rotatable bonds is 6. The van der Waals surface area contributed by atoms with E-state index in [0.717, 1.165) is 0 Å². The van der Waals surface area contributed by atoms with Crippen molar-refractivity contribution >= 4 is 20.2 Å². The van der Waals surface area contributed by atoms with Gasteiger partial charge in [0, 0.05) is 5.92 Å². The van der Waals surface area contributed by atoms with E-state index in [2.05, 4.69) is 39.2 Å². The largest absolute Gasteiger partial charge is 0.467 e. The Bertz CT molecular complexity index is 374. The second-order valence-electron chi connectivity index (χ2n) is 7.25. The molecule has 0 saturated carbocycles. The van der Waals surface area contributed by atoms with Gasteiger partial charge in [0.1, 0.15) is 0 Å². The van der Waals surface area contributed by atoms with E-state index in [1.54, 1.807) is 13.8 Å². The van der Waals surface area contributed by atoms with E-state index >= 15 is 0 Å². The van der Waals surface area contributed by atoms with E-state index < -0.39 is 26.4 Å². The molecule has 0 heterocycles. The van der Waals surface area contributed by atoms with Gasteiger partial charge in [-0.15, -0.1) is 0 Å². The molecule has 6 heteroatoms. The van der Waals surface area contributed by atoms with E-state index in [-0.39, 0.29) is 16.9 Å². The van der Waals surface area contributed by atoms with Gasteiger partial charge in [-0.05, 0) is 25.1 Å². The Morgan fingerprint density at radius 1 is 1.10 bits per heavy atom. The van der Waals surface area contributed by atoms with Gasteiger partial charge in [0.15, 0.2) is 14.4 Å². The number of carbonyl (C=O) groups is 2. The van der Waals surface area contributed by atoms with Crippen molar-refractivity contribution < 1.29 is 18.8 Å². The smallest absolute Gasteiger partial charge is 0.331 e. The standard InChI is InChI=1S/C15H31NO4Si/c1-10(2)13(17)16-12(14(18)19-7)11(3)20-21(8,9)15(4,5)6/h10-12H,1-9H3,(H,16,17)/t11-,12+/m1/s1. The maximum Gasteiger partial charge on any atom is 0.331 e. The van der Waals surface area contributed by atoms with Gasteiger partial charge in [-0.25, -0.2) is 4.79 Å². The molecule has 0 aliphatic heterocycles. The molecule has 0 aromatic rings. The molecule has 0 spiro atoms. The zero-order valence-corrected chi connectivity index (χ0v) is 15.9. The third-order valence-electron chi connectivity index (χ3n) is 4.03. The van der Waals surface area contributed by atoms with Crippen molar-refractivity contribution in [2.45, 2.75) is 71.8 Å². The van der Waals surface area contributed by atoms with Crippen LogP contribution in [0, 0.1) is 5.92 Å². The average Bonchev–Trinajstić information content (AvgIpc) is 2.32. The van der Waals surface area contributed by atoms with Crippen LogP contribution >= 0.6 is 0 Å². The molecular formula is C15H31NO4Si. The Kier molecular flexibility index (Phi) is 7.09. The third-order valence-corrected chi connectivity index (χ3v) is 8.61. The summed E-state index contributed by atoms with van der Waals surface area (Å²) in [6.45, 7) is 16.0. The maximum absolute atomic E-state index is 11.9. The minimum absolute atomic E-state index is 0.0317. The van der Waals surface area contributed by atoms with Crippen molar-refractivity contribution in [3.63, 3.8) is 0 Å². The molecule has 2 atom stereocenters. The van der Waals surface area contributed by atoms with Gasteiger partial charge in [-0.3, -0.25) is 4.79 Å². The molecular weight excluding hydrogens is 286 g/mol. The number of hydrogen-bond acceptors (Lipinski definition) is 4. The lowest BCUT2D eigenvalue weighted by Gasteiger charge is -2.40. The highest BCUT2D eigenvalue weighted by Gasteiger charge is 2.41. The fourth-order valence-corrected chi connectivity index (χ4v) is 2.94. The average molecular weight is 318 g/mol. The monoisotopic (exact) mass is 317 g/mol. The first kappa shape index (κ1) is 20.1. The third kappa shape index (κ3) is 5.78. The molecule has 5 nitrogen and oxygen atoms in total. The summed E-state index contributed by atoms with van der Waals surface area (Å²) in [6, 6.07) is -0.779. The minimum atomic E-state index is -2.03. The van der Waals surface area contributed by atoms with Crippen LogP contribution in [-0.4, -0.2) is 39.4 Å². The summed E-state index contributed by atoms with van der Waals surface area (Å²) < 4.78 is 11.0. The van der Waals surface area contributed by atoms with E-state index in [1.807, 2.05) is 6.92 Å². The van der Waals surface area contributed by atoms with Crippen LogP contribution in [0.4, 0.5) is 0 Å². The topological polar surface area (TPSA) is 64.6 Å². The quantitative estimate of drug-likeness (QED) is 0.604. The number of methoxy groups -OCH3 is 1. The van der Waals surface area contributed by atoms with Gasteiger partial charge >= 0.3 is 5.97 Å². The number of hydrogen-bond donors (Lipinski definition) is 1. The summed E-state index contributed by atoms with van der Waals surface area (Å²) in [5.41, 5.74) is 0. The van der Waals surface area contributed by atoms with E-state index in [4.69, 9.17) is 9.16 Å². The van der Waals surface area contributed by atoms with E-state index in [1.165, 1.54) is 7.11 Å². The maximum atomic E-state index is 11.9. The predicted molar refractivity (Wildman–Crippen MR) is 86.5 cm³/mol. The number of esters is 1. The fourth-order valence-electron chi connectivity index (χ4n) is 1.52. The molecule has 0 aliphatic rings. The summed E-state index contributed by atoms with van der Waals surface area (Å²) in [5.74, 6) is -0.858. The number of carbonyl (C=O) groups excluding carboxylic acids is 2. The van der Waals surface area contributed by atoms with Crippen molar-refractivity contribution in [1.29, 1.82) is 0 Å². The Morgan fingerprint density at radius 3 is 1.90 bits per heavy atom. The number of amides is 1. The highest BCUT2D eigenvalue weighted by molar-refractivity contribution is 6.74. The SMILES string of the molecule is COC(=O)[C@@H](NC(=O)C(C)C)[C@@H](C)O[Si](C)(C)C(C)(C)C. The summed E-state index contributed by atoms with van der Waals surface area (Å²) in [7, 11) is -0.711. The van der Waals surface area contributed by atoms with Crippen LogP contribution in [0.3, 0.4) is 0 Å². The van der Waals surface area contributed by atoms with E-state index in [9.17, 15) is 9.59 Å². The van der Waals surface area contributed by atoms with Crippen LogP contribution in [0.2, 0.25) is 18.1 Å². The molecule has 0 aromatic carbocycles. The summed E-state index contributed by atoms with van der Waals surface area (Å²) in [5, 5.41) is 2.76. The molecule has 0 aliphatic carbocycles. The van der Waals surface area contributed by atoms with Crippen LogP contribution < -0.4 is 5.32 Å². The zero-order valence-electron chi connectivity index (χ0n) is 14.9. The highest BCUT2D eigenvalue weighted by Crippen LogP contribution is 2.37. The van der Waals surface area contributed by atoms with Crippen molar-refractivity contribution in [1.82, 2.24) is 5.32 Å². The lowest BCUT2D eigenvalue weighted by Crippen LogP contribution is -2.54. The van der Waals surface area contributed by atoms with Crippen LogP contribution in [0.25, 0.3) is 0 Å². The summed E-state index contributed by atoms with van der Waals surface area (Å²) in [4.78, 5) is 23.8. The lowest BCUT2D eigenvalue weighted by atomic mass is 10.1. The molecule has 124 valence electrons. The van der Waals surface area contributed by atoms with Crippen molar-refractivity contribution in [2.24, 2.45) is 5.92 Å². The first-order chi connectivity index (χ1) is 9.33. The van der Waals surface area contributed by atoms with Gasteiger partial charge in [-0.1, -0.05) is 34.6 Å². The van der Waals surface area contributed by atoms with E-state index in [0.29, 0.717) is 0 Å². The molecule has 0 fully saturated rings. The summed E-state index contributed by atoms with van der Waals surface area (Å²) >= 11 is 0. The molecule has 0 unspecified atom stereocenters. The Balaban J connectivity index is 5.10. The Hall–Kier alpha value is -0.883. The molecule has 0 radical (unpaired) electrons. The van der Waals surface area contributed by atoms with Crippen molar-refractivity contribution in [2.75, 3.05) is 7.11 Å². The molecule has 0 rings (SSSR count). The first-order valence-corrected chi connectivity index (χ1v) is 10.3. The first-order valence-electron chi connectivity index (χ1n) is 7.39. The molecule has 1 N–H and O–H groups in total. The van der Waals surface area contributed by atoms with Crippen LogP contribution in [0.5, 0.6) is 0 Å². The second-order valence-corrected chi connectivity index (χ2v) is 12.0. The summed E-state index contributed by atoms with van der Waals surface area (Å²) in [6.07, 6.45) is -0.430. The molecule has 0 bridgehead atoms. The fraction of sp³-hybridized carbons (Fsp3) is 0.867. The number of ether oxygens (including phenoxy) is 1. The minimum Gasteiger partial charge on any atom is -0.467 e. The van der Waals surface area contributed by atoms with Gasteiger partial charge in [0.2, 0.25) is 5.91 Å². The predicted octanol–water partition coefficient (Wildman–Crippen LogP) is 2.71. The zero-order chi connectivity index (χ0) is 17.0. The lowest BCUT2D eigenvalue weighted by molar-refractivity contribution is -0.148. The van der Waals surface area contributed by atoms with Gasteiger partial charge < -0.3 is 14.5 Å². The highest BCUT2D eigenvalue weighted by atomic mass is 28.4. The van der Waals surface area contributed by atoms with Crippen molar-refractivity contribution in [3.8, 4) is 0 Å². The molecule has 0 aromatic heterocycles. The van der Waals surface area contributed by atoms with Gasteiger partial charge in [-0.2, -0.15) is 0 Å².